The molecule has 0 aliphatic rings. The van der Waals surface area contributed by atoms with Crippen molar-refractivity contribution >= 4 is 26.5 Å². The minimum atomic E-state index is -4.37. The molecule has 1 N–H and O–H groups in total. The molecule has 0 fully saturated rings. The molecule has 3 nitrogen and oxygen atoms in total. The van der Waals surface area contributed by atoms with Gasteiger partial charge in [0.2, 0.25) is 0 Å². The molecule has 3 aromatic rings. The zero-order valence-electron chi connectivity index (χ0n) is 11.3. The van der Waals surface area contributed by atoms with Crippen LogP contribution in [0.4, 0.5) is 14.5 Å². The van der Waals surface area contributed by atoms with E-state index < -0.39 is 26.6 Å². The molecule has 0 spiro atoms. The number of rotatable bonds is 3. The first-order chi connectivity index (χ1) is 10.5. The van der Waals surface area contributed by atoms with E-state index in [-0.39, 0.29) is 5.69 Å². The summed E-state index contributed by atoms with van der Waals surface area (Å²) in [6.07, 6.45) is 0. The Kier molecular flexibility index (Phi) is 3.54. The largest absolute Gasteiger partial charge is 0.279 e. The number of sulfonamides is 1. The van der Waals surface area contributed by atoms with Gasteiger partial charge in [0, 0.05) is 5.39 Å². The Bertz CT molecular complexity index is 930. The molecule has 0 unspecified atom stereocenters. The standard InChI is InChI=1S/C16H11F2NO2S/c17-13-8-4-9-14(18)16(13)22(20,21)19-15-10-3-6-11-5-1-2-7-12(11)15/h1-10,19H. The summed E-state index contributed by atoms with van der Waals surface area (Å²) in [6, 6.07) is 15.1. The number of anilines is 1. The SMILES string of the molecule is O=S(=O)(Nc1cccc2ccccc12)c1c(F)cccc1F. The lowest BCUT2D eigenvalue weighted by atomic mass is 10.1. The second-order valence-electron chi connectivity index (χ2n) is 4.68. The molecule has 0 aliphatic heterocycles. The molecule has 0 aromatic heterocycles. The lowest BCUT2D eigenvalue weighted by Crippen LogP contribution is -2.16. The van der Waals surface area contributed by atoms with E-state index in [9.17, 15) is 17.2 Å². The minimum absolute atomic E-state index is 0.265. The Labute approximate surface area is 126 Å². The summed E-state index contributed by atoms with van der Waals surface area (Å²) >= 11 is 0. The lowest BCUT2D eigenvalue weighted by molar-refractivity contribution is 0.521. The van der Waals surface area contributed by atoms with Gasteiger partial charge in [0.25, 0.3) is 10.0 Å². The second-order valence-corrected chi connectivity index (χ2v) is 6.30. The molecule has 0 bridgehead atoms. The zero-order valence-corrected chi connectivity index (χ0v) is 12.1. The van der Waals surface area contributed by atoms with Crippen LogP contribution in [0.5, 0.6) is 0 Å². The lowest BCUT2D eigenvalue weighted by Gasteiger charge is -2.11. The fourth-order valence-electron chi connectivity index (χ4n) is 2.25. The highest BCUT2D eigenvalue weighted by Crippen LogP contribution is 2.27. The summed E-state index contributed by atoms with van der Waals surface area (Å²) in [6.45, 7) is 0. The van der Waals surface area contributed by atoms with Gasteiger partial charge in [-0.15, -0.1) is 0 Å². The van der Waals surface area contributed by atoms with Crippen molar-refractivity contribution in [3.05, 3.63) is 72.3 Å². The second kappa shape index (κ2) is 5.38. The van der Waals surface area contributed by atoms with Crippen LogP contribution < -0.4 is 4.72 Å². The fraction of sp³-hybridized carbons (Fsp3) is 0. The number of fused-ring (bicyclic) bond motifs is 1. The van der Waals surface area contributed by atoms with E-state index in [0.717, 1.165) is 23.6 Å². The van der Waals surface area contributed by atoms with E-state index in [2.05, 4.69) is 4.72 Å². The molecule has 0 saturated heterocycles. The van der Waals surface area contributed by atoms with Gasteiger partial charge in [-0.2, -0.15) is 0 Å². The molecule has 0 heterocycles. The third kappa shape index (κ3) is 2.53. The fourth-order valence-corrected chi connectivity index (χ4v) is 3.47. The molecular weight excluding hydrogens is 308 g/mol. The van der Waals surface area contributed by atoms with E-state index in [0.29, 0.717) is 5.39 Å². The summed E-state index contributed by atoms with van der Waals surface area (Å²) in [5, 5.41) is 1.46. The molecule has 3 rings (SSSR count). The average molecular weight is 319 g/mol. The smallest absolute Gasteiger partial charge is 0.267 e. The summed E-state index contributed by atoms with van der Waals surface area (Å²) in [5.41, 5.74) is 0.265. The van der Waals surface area contributed by atoms with Crippen LogP contribution in [0.25, 0.3) is 10.8 Å². The summed E-state index contributed by atoms with van der Waals surface area (Å²) < 4.78 is 54.3. The first-order valence-electron chi connectivity index (χ1n) is 6.43. The molecule has 3 aromatic carbocycles. The van der Waals surface area contributed by atoms with E-state index in [1.165, 1.54) is 0 Å². The first kappa shape index (κ1) is 14.5. The first-order valence-corrected chi connectivity index (χ1v) is 7.92. The highest BCUT2D eigenvalue weighted by Gasteiger charge is 2.24. The summed E-state index contributed by atoms with van der Waals surface area (Å²) in [4.78, 5) is -0.983. The van der Waals surface area contributed by atoms with E-state index in [4.69, 9.17) is 0 Å². The Morgan fingerprint density at radius 2 is 1.36 bits per heavy atom. The number of nitrogens with one attached hydrogen (secondary N) is 1. The molecule has 0 saturated carbocycles. The van der Waals surface area contributed by atoms with E-state index in [1.807, 2.05) is 18.2 Å². The van der Waals surface area contributed by atoms with Crippen molar-refractivity contribution in [1.82, 2.24) is 0 Å². The van der Waals surface area contributed by atoms with Gasteiger partial charge in [0.1, 0.15) is 11.6 Å². The van der Waals surface area contributed by atoms with Crippen LogP contribution in [0.3, 0.4) is 0 Å². The third-order valence-electron chi connectivity index (χ3n) is 3.22. The number of halogens is 2. The number of benzene rings is 3. The highest BCUT2D eigenvalue weighted by atomic mass is 32.2. The van der Waals surface area contributed by atoms with Crippen molar-refractivity contribution in [2.45, 2.75) is 4.90 Å². The van der Waals surface area contributed by atoms with Crippen LogP contribution >= 0.6 is 0 Å². The number of hydrogen-bond donors (Lipinski definition) is 1. The molecule has 112 valence electrons. The molecule has 6 heteroatoms. The summed E-state index contributed by atoms with van der Waals surface area (Å²) in [5.74, 6) is -2.26. The molecule has 22 heavy (non-hydrogen) atoms. The van der Waals surface area contributed by atoms with Gasteiger partial charge < -0.3 is 0 Å². The van der Waals surface area contributed by atoms with Crippen molar-refractivity contribution in [3.63, 3.8) is 0 Å². The van der Waals surface area contributed by atoms with Gasteiger partial charge in [0.05, 0.1) is 5.69 Å². The van der Waals surface area contributed by atoms with Gasteiger partial charge in [0.15, 0.2) is 4.90 Å². The van der Waals surface area contributed by atoms with Crippen LogP contribution in [-0.4, -0.2) is 8.42 Å². The predicted octanol–water partition coefficient (Wildman–Crippen LogP) is 3.92. The maximum atomic E-state index is 13.7. The van der Waals surface area contributed by atoms with Crippen LogP contribution in [0.1, 0.15) is 0 Å². The van der Waals surface area contributed by atoms with Crippen LogP contribution in [0.15, 0.2) is 65.6 Å². The predicted molar refractivity (Wildman–Crippen MR) is 81.1 cm³/mol. The zero-order chi connectivity index (χ0) is 15.7. The Morgan fingerprint density at radius 3 is 2.09 bits per heavy atom. The molecular formula is C16H11F2NO2S. The van der Waals surface area contributed by atoms with Gasteiger partial charge in [-0.25, -0.2) is 17.2 Å². The Hall–Kier alpha value is -2.47. The van der Waals surface area contributed by atoms with E-state index >= 15 is 0 Å². The average Bonchev–Trinajstić information content (AvgIpc) is 2.47. The van der Waals surface area contributed by atoms with Crippen molar-refractivity contribution in [2.75, 3.05) is 4.72 Å². The Morgan fingerprint density at radius 1 is 0.773 bits per heavy atom. The van der Waals surface area contributed by atoms with Crippen molar-refractivity contribution in [3.8, 4) is 0 Å². The van der Waals surface area contributed by atoms with Crippen molar-refractivity contribution in [1.29, 1.82) is 0 Å². The highest BCUT2D eigenvalue weighted by molar-refractivity contribution is 7.92. The van der Waals surface area contributed by atoms with Gasteiger partial charge in [-0.1, -0.05) is 42.5 Å². The topological polar surface area (TPSA) is 46.2 Å². The van der Waals surface area contributed by atoms with Crippen LogP contribution in [-0.2, 0) is 10.0 Å². The van der Waals surface area contributed by atoms with Crippen LogP contribution in [0, 0.1) is 11.6 Å². The molecule has 0 radical (unpaired) electrons. The van der Waals surface area contributed by atoms with Gasteiger partial charge >= 0.3 is 0 Å². The third-order valence-corrected chi connectivity index (χ3v) is 4.64. The van der Waals surface area contributed by atoms with Gasteiger partial charge in [-0.3, -0.25) is 4.72 Å². The van der Waals surface area contributed by atoms with Gasteiger partial charge in [-0.05, 0) is 23.6 Å². The van der Waals surface area contributed by atoms with Crippen LogP contribution in [0.2, 0.25) is 0 Å². The maximum Gasteiger partial charge on any atom is 0.267 e. The normalized spacial score (nSPS) is 11.5. The summed E-state index contributed by atoms with van der Waals surface area (Å²) in [7, 11) is -4.37. The quantitative estimate of drug-likeness (QED) is 0.795. The van der Waals surface area contributed by atoms with Crippen molar-refractivity contribution in [2.24, 2.45) is 0 Å². The van der Waals surface area contributed by atoms with Crippen molar-refractivity contribution < 1.29 is 17.2 Å². The number of hydrogen-bond acceptors (Lipinski definition) is 2. The molecule has 0 amide bonds. The monoisotopic (exact) mass is 319 g/mol. The maximum absolute atomic E-state index is 13.7. The molecule has 0 aliphatic carbocycles. The van der Waals surface area contributed by atoms with E-state index in [1.54, 1.807) is 24.3 Å². The Balaban J connectivity index is 2.12. The minimum Gasteiger partial charge on any atom is -0.279 e. The molecule has 0 atom stereocenters.